The molecular formula is C7H8N4. The van der Waals surface area contributed by atoms with Gasteiger partial charge in [-0.15, -0.1) is 20.4 Å². The second kappa shape index (κ2) is 3.55. The van der Waals surface area contributed by atoms with Gasteiger partial charge in [0, 0.05) is 5.57 Å². The predicted molar refractivity (Wildman–Crippen MR) is 41.5 cm³/mol. The molecule has 0 N–H and O–H groups in total. The first kappa shape index (κ1) is 7.53. The van der Waals surface area contributed by atoms with Crippen LogP contribution in [0.3, 0.4) is 0 Å². The predicted octanol–water partition coefficient (Wildman–Crippen LogP) is 0.856. The number of nitrogens with zero attached hydrogens (tertiary/aromatic N) is 4. The van der Waals surface area contributed by atoms with E-state index in [0.717, 1.165) is 5.57 Å². The molecule has 0 atom stereocenters. The lowest BCUT2D eigenvalue weighted by molar-refractivity contribution is 0.834. The molecule has 0 aliphatic heterocycles. The van der Waals surface area contributed by atoms with Gasteiger partial charge >= 0.3 is 0 Å². The van der Waals surface area contributed by atoms with Crippen molar-refractivity contribution in [3.05, 3.63) is 30.9 Å². The van der Waals surface area contributed by atoms with Gasteiger partial charge < -0.3 is 0 Å². The zero-order valence-electron chi connectivity index (χ0n) is 6.23. The Labute approximate surface area is 64.7 Å². The summed E-state index contributed by atoms with van der Waals surface area (Å²) in [6.07, 6.45) is 4.81. The third kappa shape index (κ3) is 1.67. The summed E-state index contributed by atoms with van der Waals surface area (Å²) in [6, 6.07) is 0. The topological polar surface area (TPSA) is 51.6 Å². The fraction of sp³-hybridized carbons (Fsp3) is 0.143. The Bertz CT molecular complexity index is 265. The minimum absolute atomic E-state index is 0.505. The van der Waals surface area contributed by atoms with Crippen LogP contribution in [0.15, 0.2) is 25.1 Å². The molecule has 0 saturated heterocycles. The molecule has 0 fully saturated rings. The van der Waals surface area contributed by atoms with E-state index in [1.54, 1.807) is 6.08 Å². The minimum Gasteiger partial charge on any atom is -0.135 e. The monoisotopic (exact) mass is 148 g/mol. The highest BCUT2D eigenvalue weighted by Gasteiger charge is 1.97. The van der Waals surface area contributed by atoms with Gasteiger partial charge in [0.05, 0.1) is 0 Å². The molecule has 0 aromatic carbocycles. The van der Waals surface area contributed by atoms with E-state index in [0.29, 0.717) is 5.82 Å². The Hall–Kier alpha value is -1.58. The Morgan fingerprint density at radius 3 is 2.55 bits per heavy atom. The lowest BCUT2D eigenvalue weighted by Crippen LogP contribution is -1.96. The Morgan fingerprint density at radius 2 is 2.09 bits per heavy atom. The van der Waals surface area contributed by atoms with E-state index in [1.165, 1.54) is 6.33 Å². The number of rotatable bonds is 2. The summed E-state index contributed by atoms with van der Waals surface area (Å²) in [5, 5.41) is 14.7. The van der Waals surface area contributed by atoms with Crippen molar-refractivity contribution >= 4 is 5.57 Å². The van der Waals surface area contributed by atoms with Gasteiger partial charge in [0.2, 0.25) is 5.82 Å². The zero-order valence-corrected chi connectivity index (χ0v) is 6.23. The van der Waals surface area contributed by atoms with Crippen molar-refractivity contribution in [2.24, 2.45) is 0 Å². The van der Waals surface area contributed by atoms with Crippen molar-refractivity contribution in [1.29, 1.82) is 0 Å². The maximum Gasteiger partial charge on any atom is 0.203 e. The van der Waals surface area contributed by atoms with Crippen LogP contribution in [0.4, 0.5) is 0 Å². The van der Waals surface area contributed by atoms with E-state index in [9.17, 15) is 0 Å². The van der Waals surface area contributed by atoms with Crippen LogP contribution in [0.5, 0.6) is 0 Å². The fourth-order valence-electron chi connectivity index (χ4n) is 0.658. The van der Waals surface area contributed by atoms with Gasteiger partial charge in [0.25, 0.3) is 0 Å². The van der Waals surface area contributed by atoms with Crippen LogP contribution in [0.25, 0.3) is 5.57 Å². The third-order valence-electron chi connectivity index (χ3n) is 1.20. The smallest absolute Gasteiger partial charge is 0.135 e. The van der Waals surface area contributed by atoms with E-state index >= 15 is 0 Å². The van der Waals surface area contributed by atoms with Crippen molar-refractivity contribution in [3.8, 4) is 0 Å². The van der Waals surface area contributed by atoms with E-state index in [4.69, 9.17) is 0 Å². The van der Waals surface area contributed by atoms with Crippen molar-refractivity contribution in [2.75, 3.05) is 0 Å². The van der Waals surface area contributed by atoms with Gasteiger partial charge in [0.1, 0.15) is 0 Å². The van der Waals surface area contributed by atoms with Gasteiger partial charge in [-0.2, -0.15) is 0 Å². The standard InChI is InChI=1S/C7H8N4/c1-3-6(4-2)7-10-8-5-9-11-7/h3-5H,1H2,2H3. The number of allylic oxidation sites excluding steroid dienone is 3. The summed E-state index contributed by atoms with van der Waals surface area (Å²) in [5.74, 6) is 0.505. The second-order valence-electron chi connectivity index (χ2n) is 1.82. The Balaban J connectivity index is 3.01. The Kier molecular flexibility index (Phi) is 2.43. The summed E-state index contributed by atoms with van der Waals surface area (Å²) in [5.41, 5.74) is 0.839. The lowest BCUT2D eigenvalue weighted by Gasteiger charge is -1.93. The van der Waals surface area contributed by atoms with Gasteiger partial charge in [-0.3, -0.25) is 0 Å². The normalized spacial score (nSPS) is 11.2. The first-order valence-electron chi connectivity index (χ1n) is 3.18. The quantitative estimate of drug-likeness (QED) is 0.583. The van der Waals surface area contributed by atoms with Crippen molar-refractivity contribution in [3.63, 3.8) is 0 Å². The molecular weight excluding hydrogens is 140 g/mol. The Morgan fingerprint density at radius 1 is 1.45 bits per heavy atom. The summed E-state index contributed by atoms with van der Waals surface area (Å²) in [6.45, 7) is 5.49. The average molecular weight is 148 g/mol. The minimum atomic E-state index is 0.505. The van der Waals surface area contributed by atoms with E-state index in [1.807, 2.05) is 13.0 Å². The van der Waals surface area contributed by atoms with Crippen molar-refractivity contribution < 1.29 is 0 Å². The lowest BCUT2D eigenvalue weighted by atomic mass is 10.2. The maximum absolute atomic E-state index is 3.76. The highest BCUT2D eigenvalue weighted by molar-refractivity contribution is 5.67. The molecule has 1 heterocycles. The highest BCUT2D eigenvalue weighted by Crippen LogP contribution is 2.05. The molecule has 4 nitrogen and oxygen atoms in total. The molecule has 0 amide bonds. The SMILES string of the molecule is C=CC(=CC)c1nncnn1. The van der Waals surface area contributed by atoms with Crippen LogP contribution in [0.1, 0.15) is 12.7 Å². The molecule has 11 heavy (non-hydrogen) atoms. The van der Waals surface area contributed by atoms with Gasteiger partial charge in [-0.05, 0) is 6.92 Å². The summed E-state index contributed by atoms with van der Waals surface area (Å²) < 4.78 is 0. The van der Waals surface area contributed by atoms with E-state index < -0.39 is 0 Å². The van der Waals surface area contributed by atoms with Crippen LogP contribution in [-0.2, 0) is 0 Å². The molecule has 4 heteroatoms. The highest BCUT2D eigenvalue weighted by atomic mass is 15.3. The molecule has 0 radical (unpaired) electrons. The fourth-order valence-corrected chi connectivity index (χ4v) is 0.658. The second-order valence-corrected chi connectivity index (χ2v) is 1.82. The van der Waals surface area contributed by atoms with Crippen LogP contribution in [-0.4, -0.2) is 20.4 Å². The number of aromatic nitrogens is 4. The molecule has 1 rings (SSSR count). The number of hydrogen-bond acceptors (Lipinski definition) is 4. The molecule has 56 valence electrons. The summed E-state index contributed by atoms with van der Waals surface area (Å²) in [7, 11) is 0. The largest absolute Gasteiger partial charge is 0.203 e. The maximum atomic E-state index is 3.76. The van der Waals surface area contributed by atoms with Crippen LogP contribution >= 0.6 is 0 Å². The molecule has 1 aromatic heterocycles. The molecule has 0 saturated carbocycles. The van der Waals surface area contributed by atoms with Crippen molar-refractivity contribution in [1.82, 2.24) is 20.4 Å². The first-order chi connectivity index (χ1) is 5.38. The summed E-state index contributed by atoms with van der Waals surface area (Å²) >= 11 is 0. The van der Waals surface area contributed by atoms with Crippen LogP contribution in [0.2, 0.25) is 0 Å². The van der Waals surface area contributed by atoms with E-state index in [2.05, 4.69) is 27.0 Å². The third-order valence-corrected chi connectivity index (χ3v) is 1.20. The van der Waals surface area contributed by atoms with Gasteiger partial charge in [0.15, 0.2) is 6.33 Å². The molecule has 1 aromatic rings. The molecule has 0 aliphatic carbocycles. The van der Waals surface area contributed by atoms with Crippen molar-refractivity contribution in [2.45, 2.75) is 6.92 Å². The average Bonchev–Trinajstić information content (AvgIpc) is 2.09. The van der Waals surface area contributed by atoms with E-state index in [-0.39, 0.29) is 0 Å². The van der Waals surface area contributed by atoms with Gasteiger partial charge in [-0.1, -0.05) is 18.7 Å². The van der Waals surface area contributed by atoms with Crippen LogP contribution < -0.4 is 0 Å². The number of hydrogen-bond donors (Lipinski definition) is 0. The molecule has 0 spiro atoms. The van der Waals surface area contributed by atoms with Crippen LogP contribution in [0, 0.1) is 0 Å². The molecule has 0 bridgehead atoms. The summed E-state index contributed by atoms with van der Waals surface area (Å²) in [4.78, 5) is 0. The first-order valence-corrected chi connectivity index (χ1v) is 3.18. The zero-order chi connectivity index (χ0) is 8.10. The molecule has 0 aliphatic rings. The molecule has 0 unspecified atom stereocenters. The van der Waals surface area contributed by atoms with Gasteiger partial charge in [-0.25, -0.2) is 0 Å².